The first-order chi connectivity index (χ1) is 17.6. The van der Waals surface area contributed by atoms with Crippen LogP contribution < -0.4 is 0 Å². The van der Waals surface area contributed by atoms with Gasteiger partial charge in [0.1, 0.15) is 0 Å². The second kappa shape index (κ2) is 6.83. The van der Waals surface area contributed by atoms with E-state index in [0.717, 1.165) is 5.52 Å². The molecule has 0 spiro atoms. The van der Waals surface area contributed by atoms with E-state index in [2.05, 4.69) is 120 Å². The van der Waals surface area contributed by atoms with Crippen LogP contribution in [0.15, 0.2) is 109 Å². The third-order valence-electron chi connectivity index (χ3n) is 8.21. The van der Waals surface area contributed by atoms with E-state index in [0.29, 0.717) is 0 Å². The highest BCUT2D eigenvalue weighted by atomic mass is 15.0. The number of aromatic nitrogens is 2. The van der Waals surface area contributed by atoms with Crippen LogP contribution in [-0.2, 0) is 5.41 Å². The molecule has 0 fully saturated rings. The summed E-state index contributed by atoms with van der Waals surface area (Å²) in [6.07, 6.45) is 1.88. The fraction of sp³-hybridized carbons (Fsp3) is 0.0882. The molecule has 0 saturated carbocycles. The van der Waals surface area contributed by atoms with E-state index in [-0.39, 0.29) is 5.41 Å². The number of rotatable bonds is 1. The molecular formula is C34H24N2. The first kappa shape index (κ1) is 19.8. The Morgan fingerprint density at radius 3 is 2.36 bits per heavy atom. The molecule has 1 aliphatic carbocycles. The smallest absolute Gasteiger partial charge is 0.0780 e. The quantitative estimate of drug-likeness (QED) is 0.224. The van der Waals surface area contributed by atoms with Gasteiger partial charge in [0.25, 0.3) is 0 Å². The molecule has 0 N–H and O–H groups in total. The summed E-state index contributed by atoms with van der Waals surface area (Å²) in [5.74, 6) is 0. The van der Waals surface area contributed by atoms with Crippen molar-refractivity contribution in [2.75, 3.05) is 0 Å². The molecule has 36 heavy (non-hydrogen) atoms. The molecule has 0 saturated heterocycles. The Morgan fingerprint density at radius 2 is 1.42 bits per heavy atom. The van der Waals surface area contributed by atoms with Crippen LogP contribution in [0, 0.1) is 0 Å². The highest BCUT2D eigenvalue weighted by molar-refractivity contribution is 6.12. The molecule has 2 heterocycles. The summed E-state index contributed by atoms with van der Waals surface area (Å²) in [6, 6.07) is 37.8. The Bertz CT molecular complexity index is 2020. The monoisotopic (exact) mass is 460 g/mol. The minimum Gasteiger partial charge on any atom is -0.309 e. The minimum absolute atomic E-state index is 0.0136. The fourth-order valence-electron chi connectivity index (χ4n) is 6.44. The number of para-hydroxylation sites is 1. The van der Waals surface area contributed by atoms with Crippen LogP contribution in [0.25, 0.3) is 60.3 Å². The van der Waals surface area contributed by atoms with Crippen molar-refractivity contribution in [3.05, 3.63) is 120 Å². The molecule has 0 amide bonds. The lowest BCUT2D eigenvalue weighted by Crippen LogP contribution is -2.14. The lowest BCUT2D eigenvalue weighted by atomic mass is 9.82. The molecule has 7 aromatic rings. The van der Waals surface area contributed by atoms with Gasteiger partial charge < -0.3 is 4.57 Å². The standard InChI is InChI=1S/C34H24N2/c1-34(2)29-11-5-3-9-25(29)27-20-32-28(19-30(27)34)26-10-4-6-12-31(26)36(32)23-15-16-24-22(18-23)14-13-21-8-7-17-35-33(21)24/h3-20H,1-2H3. The lowest BCUT2D eigenvalue weighted by molar-refractivity contribution is 0.661. The van der Waals surface area contributed by atoms with Crippen LogP contribution in [0.4, 0.5) is 0 Å². The first-order valence-corrected chi connectivity index (χ1v) is 12.6. The van der Waals surface area contributed by atoms with Gasteiger partial charge in [-0.25, -0.2) is 0 Å². The average Bonchev–Trinajstić information content (AvgIpc) is 3.36. The van der Waals surface area contributed by atoms with Crippen LogP contribution in [0.1, 0.15) is 25.0 Å². The topological polar surface area (TPSA) is 17.8 Å². The molecular weight excluding hydrogens is 436 g/mol. The number of hydrogen-bond acceptors (Lipinski definition) is 1. The molecule has 2 heteroatoms. The van der Waals surface area contributed by atoms with Crippen LogP contribution in [0.5, 0.6) is 0 Å². The van der Waals surface area contributed by atoms with Crippen molar-refractivity contribution < 1.29 is 0 Å². The molecule has 1 aliphatic rings. The molecule has 5 aromatic carbocycles. The molecule has 170 valence electrons. The zero-order valence-corrected chi connectivity index (χ0v) is 20.3. The van der Waals surface area contributed by atoms with Gasteiger partial charge >= 0.3 is 0 Å². The van der Waals surface area contributed by atoms with Gasteiger partial charge in [0.2, 0.25) is 0 Å². The first-order valence-electron chi connectivity index (χ1n) is 12.6. The molecule has 2 nitrogen and oxygen atoms in total. The van der Waals surface area contributed by atoms with Gasteiger partial charge in [0.15, 0.2) is 0 Å². The van der Waals surface area contributed by atoms with E-state index in [1.165, 1.54) is 65.9 Å². The van der Waals surface area contributed by atoms with Crippen molar-refractivity contribution in [2.24, 2.45) is 0 Å². The molecule has 2 aromatic heterocycles. The van der Waals surface area contributed by atoms with E-state index in [1.807, 2.05) is 12.3 Å². The Labute approximate surface area is 209 Å². The molecule has 0 atom stereocenters. The second-order valence-corrected chi connectivity index (χ2v) is 10.5. The number of benzene rings is 5. The molecule has 0 unspecified atom stereocenters. The third-order valence-corrected chi connectivity index (χ3v) is 8.21. The summed E-state index contributed by atoms with van der Waals surface area (Å²) in [4.78, 5) is 4.67. The zero-order chi connectivity index (χ0) is 24.0. The van der Waals surface area contributed by atoms with Crippen LogP contribution in [-0.4, -0.2) is 9.55 Å². The number of hydrogen-bond donors (Lipinski definition) is 0. The zero-order valence-electron chi connectivity index (χ0n) is 20.3. The lowest BCUT2D eigenvalue weighted by Gasteiger charge is -2.21. The maximum atomic E-state index is 4.67. The highest BCUT2D eigenvalue weighted by Crippen LogP contribution is 2.50. The number of nitrogens with zero attached hydrogens (tertiary/aromatic N) is 2. The second-order valence-electron chi connectivity index (χ2n) is 10.5. The summed E-state index contributed by atoms with van der Waals surface area (Å²) in [6.45, 7) is 4.70. The van der Waals surface area contributed by atoms with Gasteiger partial charge in [0, 0.05) is 38.8 Å². The maximum Gasteiger partial charge on any atom is 0.0780 e. The van der Waals surface area contributed by atoms with E-state index in [1.54, 1.807) is 0 Å². The summed E-state index contributed by atoms with van der Waals surface area (Å²) in [5.41, 5.74) is 10.2. The Kier molecular flexibility index (Phi) is 3.76. The number of pyridine rings is 1. The third kappa shape index (κ3) is 2.48. The summed E-state index contributed by atoms with van der Waals surface area (Å²) in [5, 5.41) is 6.17. The molecule has 0 bridgehead atoms. The maximum absolute atomic E-state index is 4.67. The largest absolute Gasteiger partial charge is 0.309 e. The summed E-state index contributed by atoms with van der Waals surface area (Å²) >= 11 is 0. The van der Waals surface area contributed by atoms with Crippen LogP contribution in [0.3, 0.4) is 0 Å². The van der Waals surface area contributed by atoms with Crippen molar-refractivity contribution in [3.63, 3.8) is 0 Å². The van der Waals surface area contributed by atoms with Crippen molar-refractivity contribution in [1.82, 2.24) is 9.55 Å². The van der Waals surface area contributed by atoms with Crippen LogP contribution >= 0.6 is 0 Å². The summed E-state index contributed by atoms with van der Waals surface area (Å²) in [7, 11) is 0. The van der Waals surface area contributed by atoms with E-state index in [9.17, 15) is 0 Å². The van der Waals surface area contributed by atoms with Crippen LogP contribution in [0.2, 0.25) is 0 Å². The van der Waals surface area contributed by atoms with Crippen molar-refractivity contribution >= 4 is 43.5 Å². The fourth-order valence-corrected chi connectivity index (χ4v) is 6.44. The van der Waals surface area contributed by atoms with Crippen molar-refractivity contribution in [3.8, 4) is 16.8 Å². The van der Waals surface area contributed by atoms with Gasteiger partial charge in [-0.05, 0) is 64.0 Å². The van der Waals surface area contributed by atoms with Gasteiger partial charge in [-0.15, -0.1) is 0 Å². The highest BCUT2D eigenvalue weighted by Gasteiger charge is 2.36. The van der Waals surface area contributed by atoms with Crippen molar-refractivity contribution in [1.29, 1.82) is 0 Å². The predicted octanol–water partition coefficient (Wildman–Crippen LogP) is 8.79. The normalized spacial score (nSPS) is 14.1. The van der Waals surface area contributed by atoms with Gasteiger partial charge in [-0.3, -0.25) is 4.98 Å². The SMILES string of the molecule is CC1(C)c2ccccc2-c2cc3c(cc21)c1ccccc1n3-c1ccc2c(ccc3cccnc32)c1. The van der Waals surface area contributed by atoms with E-state index in [4.69, 9.17) is 0 Å². The van der Waals surface area contributed by atoms with Crippen molar-refractivity contribution in [2.45, 2.75) is 19.3 Å². The minimum atomic E-state index is -0.0136. The molecule has 0 radical (unpaired) electrons. The Morgan fingerprint density at radius 1 is 0.583 bits per heavy atom. The summed E-state index contributed by atoms with van der Waals surface area (Å²) < 4.78 is 2.43. The predicted molar refractivity (Wildman–Crippen MR) is 151 cm³/mol. The van der Waals surface area contributed by atoms with Gasteiger partial charge in [-0.2, -0.15) is 0 Å². The Hall–Kier alpha value is -4.43. The van der Waals surface area contributed by atoms with Gasteiger partial charge in [0.05, 0.1) is 16.6 Å². The molecule has 0 aliphatic heterocycles. The van der Waals surface area contributed by atoms with Gasteiger partial charge in [-0.1, -0.05) is 80.6 Å². The Balaban J connectivity index is 1.46. The van der Waals surface area contributed by atoms with E-state index < -0.39 is 0 Å². The number of fused-ring (bicyclic) bond motifs is 9. The average molecular weight is 461 g/mol. The molecule has 8 rings (SSSR count). The van der Waals surface area contributed by atoms with E-state index >= 15 is 0 Å².